The maximum atomic E-state index is 9.72. The van der Waals surface area contributed by atoms with Crippen molar-refractivity contribution < 1.29 is 14.6 Å². The quantitative estimate of drug-likeness (QED) is 0.872. The average molecular weight is 303 g/mol. The molecule has 4 heteroatoms. The van der Waals surface area contributed by atoms with Crippen LogP contribution in [0.15, 0.2) is 36.4 Å². The third kappa shape index (κ3) is 3.07. The molecule has 21 heavy (non-hydrogen) atoms. The van der Waals surface area contributed by atoms with Gasteiger partial charge in [0.05, 0.1) is 25.7 Å². The number of hydrogen-bond acceptors (Lipinski definition) is 3. The van der Waals surface area contributed by atoms with E-state index in [4.69, 9.17) is 27.5 Å². The maximum absolute atomic E-state index is 9.72. The van der Waals surface area contributed by atoms with Crippen molar-refractivity contribution in [3.8, 4) is 29.6 Å². The first-order chi connectivity index (χ1) is 10.1. The van der Waals surface area contributed by atoms with E-state index in [1.165, 1.54) is 26.4 Å². The highest BCUT2D eigenvalue weighted by Gasteiger charge is 2.22. The first-order valence-electron chi connectivity index (χ1n) is 6.27. The van der Waals surface area contributed by atoms with E-state index in [2.05, 4.69) is 5.92 Å². The molecule has 0 amide bonds. The molecule has 0 radical (unpaired) electrons. The Balaban J connectivity index is 2.65. The Kier molecular flexibility index (Phi) is 4.62. The summed E-state index contributed by atoms with van der Waals surface area (Å²) >= 11 is 6.03. The first kappa shape index (κ1) is 15.1. The molecule has 0 saturated carbocycles. The predicted octanol–water partition coefficient (Wildman–Crippen LogP) is 3.83. The number of phenolic OH excluding ortho intramolecular Hbond substituents is 1. The van der Waals surface area contributed by atoms with E-state index in [1.807, 2.05) is 12.1 Å². The number of methoxy groups -OCH3 is 2. The first-order valence-corrected chi connectivity index (χ1v) is 6.65. The lowest BCUT2D eigenvalue weighted by Crippen LogP contribution is -2.04. The van der Waals surface area contributed by atoms with Gasteiger partial charge in [-0.1, -0.05) is 29.7 Å². The SMILES string of the molecule is C#CC(c1cccc(Cl)c1)c1c(OC)cc(O)cc1OC. The molecule has 0 heterocycles. The molecule has 0 bridgehead atoms. The van der Waals surface area contributed by atoms with Gasteiger partial charge in [0.2, 0.25) is 0 Å². The Morgan fingerprint density at radius 2 is 1.76 bits per heavy atom. The van der Waals surface area contributed by atoms with E-state index in [9.17, 15) is 5.11 Å². The van der Waals surface area contributed by atoms with Crippen LogP contribution in [0.5, 0.6) is 17.2 Å². The van der Waals surface area contributed by atoms with Crippen LogP contribution in [0.4, 0.5) is 0 Å². The summed E-state index contributed by atoms with van der Waals surface area (Å²) in [5.41, 5.74) is 1.54. The number of phenols is 1. The molecule has 2 rings (SSSR count). The maximum Gasteiger partial charge on any atom is 0.131 e. The highest BCUT2D eigenvalue weighted by atomic mass is 35.5. The van der Waals surface area contributed by atoms with E-state index >= 15 is 0 Å². The topological polar surface area (TPSA) is 38.7 Å². The van der Waals surface area contributed by atoms with Crippen LogP contribution in [0, 0.1) is 12.3 Å². The lowest BCUT2D eigenvalue weighted by molar-refractivity contribution is 0.376. The molecule has 0 fully saturated rings. The zero-order valence-electron chi connectivity index (χ0n) is 11.8. The fourth-order valence-corrected chi connectivity index (χ4v) is 2.44. The number of hydrogen-bond donors (Lipinski definition) is 1. The van der Waals surface area contributed by atoms with Crippen molar-refractivity contribution >= 4 is 11.6 Å². The van der Waals surface area contributed by atoms with Crippen molar-refractivity contribution in [2.45, 2.75) is 5.92 Å². The standard InChI is InChI=1S/C17H15ClO3/c1-4-14(11-6-5-7-12(18)8-11)17-15(20-2)9-13(19)10-16(17)21-3/h1,5-10,14,19H,2-3H3. The highest BCUT2D eigenvalue weighted by Crippen LogP contribution is 2.41. The van der Waals surface area contributed by atoms with E-state index in [1.54, 1.807) is 12.1 Å². The van der Waals surface area contributed by atoms with Crippen LogP contribution >= 0.6 is 11.6 Å². The largest absolute Gasteiger partial charge is 0.508 e. The van der Waals surface area contributed by atoms with Gasteiger partial charge in [-0.25, -0.2) is 0 Å². The Labute approximate surface area is 129 Å². The minimum Gasteiger partial charge on any atom is -0.508 e. The molecule has 108 valence electrons. The third-order valence-electron chi connectivity index (χ3n) is 3.17. The van der Waals surface area contributed by atoms with Crippen LogP contribution in [0.25, 0.3) is 0 Å². The van der Waals surface area contributed by atoms with Crippen LogP contribution in [0.1, 0.15) is 17.0 Å². The molecule has 1 N–H and O–H groups in total. The van der Waals surface area contributed by atoms with Gasteiger partial charge in [0.15, 0.2) is 0 Å². The van der Waals surface area contributed by atoms with Crippen molar-refractivity contribution in [3.05, 3.63) is 52.5 Å². The molecule has 3 nitrogen and oxygen atoms in total. The fraction of sp³-hybridized carbons (Fsp3) is 0.176. The summed E-state index contributed by atoms with van der Waals surface area (Å²) in [5.74, 6) is 3.32. The predicted molar refractivity (Wildman–Crippen MR) is 83.3 cm³/mol. The number of aromatic hydroxyl groups is 1. The monoisotopic (exact) mass is 302 g/mol. The van der Waals surface area contributed by atoms with Crippen LogP contribution in [0.2, 0.25) is 5.02 Å². The molecule has 0 aromatic heterocycles. The van der Waals surface area contributed by atoms with Gasteiger partial charge in [-0.05, 0) is 17.7 Å². The number of rotatable bonds is 4. The normalized spacial score (nSPS) is 11.5. The van der Waals surface area contributed by atoms with Crippen molar-refractivity contribution in [1.82, 2.24) is 0 Å². The van der Waals surface area contributed by atoms with Gasteiger partial charge < -0.3 is 14.6 Å². The number of halogens is 1. The Hall–Kier alpha value is -2.31. The fourth-order valence-electron chi connectivity index (χ4n) is 2.24. The second kappa shape index (κ2) is 6.43. The number of ether oxygens (including phenoxy) is 2. The van der Waals surface area contributed by atoms with Gasteiger partial charge in [-0.15, -0.1) is 6.42 Å². The van der Waals surface area contributed by atoms with E-state index in [-0.39, 0.29) is 5.75 Å². The van der Waals surface area contributed by atoms with E-state index in [0.29, 0.717) is 22.1 Å². The summed E-state index contributed by atoms with van der Waals surface area (Å²) in [4.78, 5) is 0. The van der Waals surface area contributed by atoms with Gasteiger partial charge in [-0.3, -0.25) is 0 Å². The molecule has 0 aliphatic heterocycles. The molecule has 0 spiro atoms. The molecule has 1 atom stereocenters. The van der Waals surface area contributed by atoms with Crippen molar-refractivity contribution in [2.75, 3.05) is 14.2 Å². The second-order valence-electron chi connectivity index (χ2n) is 4.42. The van der Waals surface area contributed by atoms with Crippen molar-refractivity contribution in [2.24, 2.45) is 0 Å². The molecule has 1 unspecified atom stereocenters. The number of benzene rings is 2. The van der Waals surface area contributed by atoms with Gasteiger partial charge in [0, 0.05) is 17.2 Å². The smallest absolute Gasteiger partial charge is 0.131 e. The van der Waals surface area contributed by atoms with Crippen molar-refractivity contribution in [3.63, 3.8) is 0 Å². The van der Waals surface area contributed by atoms with Crippen molar-refractivity contribution in [1.29, 1.82) is 0 Å². The molecule has 0 aliphatic carbocycles. The zero-order chi connectivity index (χ0) is 15.4. The molecule has 0 saturated heterocycles. The summed E-state index contributed by atoms with van der Waals surface area (Å²) in [5, 5.41) is 10.3. The van der Waals surface area contributed by atoms with Crippen LogP contribution in [-0.2, 0) is 0 Å². The summed E-state index contributed by atoms with van der Waals surface area (Å²) in [6, 6.07) is 10.3. The minimum absolute atomic E-state index is 0.0503. The lowest BCUT2D eigenvalue weighted by atomic mass is 9.90. The van der Waals surface area contributed by atoms with Crippen LogP contribution in [-0.4, -0.2) is 19.3 Å². The van der Waals surface area contributed by atoms with Gasteiger partial charge in [0.1, 0.15) is 17.2 Å². The number of terminal acetylenes is 1. The molecular weight excluding hydrogens is 288 g/mol. The Bertz CT molecular complexity index is 664. The van der Waals surface area contributed by atoms with Gasteiger partial charge in [-0.2, -0.15) is 0 Å². The second-order valence-corrected chi connectivity index (χ2v) is 4.86. The molecule has 0 aliphatic rings. The molecular formula is C17H15ClO3. The summed E-state index contributed by atoms with van der Waals surface area (Å²) in [6.07, 6.45) is 5.71. The lowest BCUT2D eigenvalue weighted by Gasteiger charge is -2.19. The van der Waals surface area contributed by atoms with E-state index < -0.39 is 5.92 Å². The zero-order valence-corrected chi connectivity index (χ0v) is 12.5. The highest BCUT2D eigenvalue weighted by molar-refractivity contribution is 6.30. The summed E-state index contributed by atoms with van der Waals surface area (Å²) in [6.45, 7) is 0. The minimum atomic E-state index is -0.394. The average Bonchev–Trinajstić information content (AvgIpc) is 2.48. The molecule has 2 aromatic rings. The van der Waals surface area contributed by atoms with Gasteiger partial charge in [0.25, 0.3) is 0 Å². The van der Waals surface area contributed by atoms with Gasteiger partial charge >= 0.3 is 0 Å². The summed E-state index contributed by atoms with van der Waals surface area (Å²) < 4.78 is 10.7. The van der Waals surface area contributed by atoms with Crippen LogP contribution < -0.4 is 9.47 Å². The summed E-state index contributed by atoms with van der Waals surface area (Å²) in [7, 11) is 3.03. The van der Waals surface area contributed by atoms with E-state index in [0.717, 1.165) is 5.56 Å². The molecule has 2 aromatic carbocycles. The Morgan fingerprint density at radius 1 is 1.14 bits per heavy atom. The Morgan fingerprint density at radius 3 is 2.24 bits per heavy atom. The van der Waals surface area contributed by atoms with Crippen LogP contribution in [0.3, 0.4) is 0 Å². The third-order valence-corrected chi connectivity index (χ3v) is 3.40.